The molecule has 1 aromatic heterocycles. The van der Waals surface area contributed by atoms with E-state index >= 15 is 0 Å². The average Bonchev–Trinajstić information content (AvgIpc) is 2.69. The molecule has 2 aromatic rings. The molecule has 0 bridgehead atoms. The molecule has 76 valence electrons. The van der Waals surface area contributed by atoms with Gasteiger partial charge in [0.25, 0.3) is 0 Å². The SMILES string of the molecule is O=C(O)c1c(F)cccc1-c1cscn1. The Morgan fingerprint density at radius 1 is 1.47 bits per heavy atom. The highest BCUT2D eigenvalue weighted by atomic mass is 32.1. The number of hydrogen-bond acceptors (Lipinski definition) is 3. The van der Waals surface area contributed by atoms with Crippen LogP contribution in [-0.2, 0) is 0 Å². The number of aromatic nitrogens is 1. The van der Waals surface area contributed by atoms with Gasteiger partial charge in [0.2, 0.25) is 0 Å². The summed E-state index contributed by atoms with van der Waals surface area (Å²) in [7, 11) is 0. The maximum atomic E-state index is 13.3. The molecule has 0 saturated heterocycles. The minimum atomic E-state index is -1.28. The second kappa shape index (κ2) is 3.78. The molecule has 0 amide bonds. The second-order valence-corrected chi connectivity index (χ2v) is 3.56. The van der Waals surface area contributed by atoms with Crippen LogP contribution in [0.25, 0.3) is 11.3 Å². The lowest BCUT2D eigenvalue weighted by atomic mass is 10.1. The Morgan fingerprint density at radius 2 is 2.27 bits per heavy atom. The first kappa shape index (κ1) is 9.79. The zero-order valence-electron chi connectivity index (χ0n) is 7.48. The van der Waals surface area contributed by atoms with E-state index in [1.807, 2.05) is 0 Å². The summed E-state index contributed by atoms with van der Waals surface area (Å²) >= 11 is 1.33. The van der Waals surface area contributed by atoms with Gasteiger partial charge in [-0.1, -0.05) is 12.1 Å². The van der Waals surface area contributed by atoms with Gasteiger partial charge in [-0.05, 0) is 6.07 Å². The molecular formula is C10H6FNO2S. The predicted octanol–water partition coefficient (Wildman–Crippen LogP) is 2.65. The van der Waals surface area contributed by atoms with Gasteiger partial charge in [0.1, 0.15) is 11.4 Å². The van der Waals surface area contributed by atoms with Crippen LogP contribution in [0, 0.1) is 5.82 Å². The van der Waals surface area contributed by atoms with Crippen molar-refractivity contribution in [1.82, 2.24) is 4.98 Å². The molecule has 0 aliphatic heterocycles. The molecule has 0 fully saturated rings. The van der Waals surface area contributed by atoms with Gasteiger partial charge in [0, 0.05) is 10.9 Å². The van der Waals surface area contributed by atoms with E-state index in [9.17, 15) is 9.18 Å². The van der Waals surface area contributed by atoms with Crippen molar-refractivity contribution in [2.24, 2.45) is 0 Å². The standard InChI is InChI=1S/C10H6FNO2S/c11-7-3-1-2-6(9(7)10(13)14)8-4-15-5-12-8/h1-5H,(H,13,14). The minimum absolute atomic E-state index is 0.309. The van der Waals surface area contributed by atoms with Gasteiger partial charge in [0.15, 0.2) is 0 Å². The smallest absolute Gasteiger partial charge is 0.339 e. The van der Waals surface area contributed by atoms with E-state index in [1.165, 1.54) is 17.4 Å². The summed E-state index contributed by atoms with van der Waals surface area (Å²) in [5.74, 6) is -2.02. The predicted molar refractivity (Wildman–Crippen MR) is 54.5 cm³/mol. The van der Waals surface area contributed by atoms with Crippen molar-refractivity contribution in [3.63, 3.8) is 0 Å². The maximum absolute atomic E-state index is 13.3. The number of carboxylic acid groups (broad SMARTS) is 1. The molecule has 0 aliphatic carbocycles. The van der Waals surface area contributed by atoms with Crippen molar-refractivity contribution in [3.05, 3.63) is 40.5 Å². The summed E-state index contributed by atoms with van der Waals surface area (Å²) in [5.41, 5.74) is 2.04. The lowest BCUT2D eigenvalue weighted by Crippen LogP contribution is -2.03. The molecule has 15 heavy (non-hydrogen) atoms. The summed E-state index contributed by atoms with van der Waals surface area (Å²) in [6, 6.07) is 4.14. The number of carboxylic acids is 1. The van der Waals surface area contributed by atoms with Gasteiger partial charge >= 0.3 is 5.97 Å². The monoisotopic (exact) mass is 223 g/mol. The van der Waals surface area contributed by atoms with Crippen molar-refractivity contribution in [1.29, 1.82) is 0 Å². The summed E-state index contributed by atoms with van der Waals surface area (Å²) in [6.45, 7) is 0. The molecule has 1 heterocycles. The number of nitrogens with zero attached hydrogens (tertiary/aromatic N) is 1. The topological polar surface area (TPSA) is 50.2 Å². The quantitative estimate of drug-likeness (QED) is 0.851. The largest absolute Gasteiger partial charge is 0.478 e. The van der Waals surface area contributed by atoms with Crippen molar-refractivity contribution in [3.8, 4) is 11.3 Å². The van der Waals surface area contributed by atoms with E-state index in [0.29, 0.717) is 11.3 Å². The Hall–Kier alpha value is -1.75. The highest BCUT2D eigenvalue weighted by Gasteiger charge is 2.17. The van der Waals surface area contributed by atoms with Crippen LogP contribution >= 0.6 is 11.3 Å². The average molecular weight is 223 g/mol. The molecule has 1 N–H and O–H groups in total. The van der Waals surface area contributed by atoms with E-state index in [4.69, 9.17) is 5.11 Å². The molecule has 1 aromatic carbocycles. The van der Waals surface area contributed by atoms with Gasteiger partial charge < -0.3 is 5.11 Å². The van der Waals surface area contributed by atoms with Crippen LogP contribution in [0.3, 0.4) is 0 Å². The fraction of sp³-hybridized carbons (Fsp3) is 0. The van der Waals surface area contributed by atoms with Gasteiger partial charge in [-0.3, -0.25) is 0 Å². The number of thiazole rings is 1. The van der Waals surface area contributed by atoms with Gasteiger partial charge in [-0.2, -0.15) is 0 Å². The van der Waals surface area contributed by atoms with E-state index in [1.54, 1.807) is 17.0 Å². The van der Waals surface area contributed by atoms with Gasteiger partial charge in [0.05, 0.1) is 11.2 Å². The number of aromatic carboxylic acids is 1. The van der Waals surface area contributed by atoms with Crippen molar-refractivity contribution >= 4 is 17.3 Å². The lowest BCUT2D eigenvalue weighted by Gasteiger charge is -2.03. The van der Waals surface area contributed by atoms with Crippen LogP contribution in [0.2, 0.25) is 0 Å². The first-order valence-electron chi connectivity index (χ1n) is 4.10. The third-order valence-corrected chi connectivity index (χ3v) is 2.52. The van der Waals surface area contributed by atoms with Crippen LogP contribution in [0.15, 0.2) is 29.1 Å². The van der Waals surface area contributed by atoms with Gasteiger partial charge in [-0.15, -0.1) is 11.3 Å². The normalized spacial score (nSPS) is 10.2. The van der Waals surface area contributed by atoms with Crippen LogP contribution in [0.4, 0.5) is 4.39 Å². The molecule has 0 atom stereocenters. The fourth-order valence-electron chi connectivity index (χ4n) is 1.30. The highest BCUT2D eigenvalue weighted by molar-refractivity contribution is 7.07. The molecule has 0 saturated carbocycles. The summed E-state index contributed by atoms with van der Waals surface area (Å²) in [4.78, 5) is 14.8. The highest BCUT2D eigenvalue weighted by Crippen LogP contribution is 2.25. The van der Waals surface area contributed by atoms with Crippen LogP contribution in [0.5, 0.6) is 0 Å². The Labute approximate surface area is 88.8 Å². The number of carbonyl (C=O) groups is 1. The third-order valence-electron chi connectivity index (χ3n) is 1.94. The van der Waals surface area contributed by atoms with E-state index < -0.39 is 11.8 Å². The molecule has 0 radical (unpaired) electrons. The first-order valence-corrected chi connectivity index (χ1v) is 5.05. The zero-order valence-corrected chi connectivity index (χ0v) is 8.29. The second-order valence-electron chi connectivity index (χ2n) is 2.84. The first-order chi connectivity index (χ1) is 7.20. The van der Waals surface area contributed by atoms with Crippen LogP contribution in [0.1, 0.15) is 10.4 Å². The summed E-state index contributed by atoms with van der Waals surface area (Å²) in [5, 5.41) is 10.6. The van der Waals surface area contributed by atoms with Crippen LogP contribution < -0.4 is 0 Å². The number of benzene rings is 1. The fourth-order valence-corrected chi connectivity index (χ4v) is 1.85. The minimum Gasteiger partial charge on any atom is -0.478 e. The van der Waals surface area contributed by atoms with Crippen molar-refractivity contribution < 1.29 is 14.3 Å². The summed E-state index contributed by atoms with van der Waals surface area (Å²) in [6.07, 6.45) is 0. The molecule has 5 heteroatoms. The Balaban J connectivity index is 2.66. The Bertz CT molecular complexity index is 496. The van der Waals surface area contributed by atoms with Crippen LogP contribution in [-0.4, -0.2) is 16.1 Å². The molecule has 2 rings (SSSR count). The third kappa shape index (κ3) is 1.73. The van der Waals surface area contributed by atoms with E-state index in [2.05, 4.69) is 4.98 Å². The maximum Gasteiger partial charge on any atom is 0.339 e. The van der Waals surface area contributed by atoms with Gasteiger partial charge in [-0.25, -0.2) is 14.2 Å². The molecule has 0 spiro atoms. The molecule has 0 unspecified atom stereocenters. The Morgan fingerprint density at radius 3 is 2.87 bits per heavy atom. The molecular weight excluding hydrogens is 217 g/mol. The Kier molecular flexibility index (Phi) is 2.47. The number of halogens is 1. The number of rotatable bonds is 2. The number of hydrogen-bond donors (Lipinski definition) is 1. The van der Waals surface area contributed by atoms with E-state index in [0.717, 1.165) is 6.07 Å². The summed E-state index contributed by atoms with van der Waals surface area (Å²) < 4.78 is 13.3. The van der Waals surface area contributed by atoms with E-state index in [-0.39, 0.29) is 5.56 Å². The zero-order chi connectivity index (χ0) is 10.8. The molecule has 0 aliphatic rings. The van der Waals surface area contributed by atoms with Crippen molar-refractivity contribution in [2.75, 3.05) is 0 Å². The molecule has 3 nitrogen and oxygen atoms in total. The lowest BCUT2D eigenvalue weighted by molar-refractivity contribution is 0.0693. The van der Waals surface area contributed by atoms with Crippen molar-refractivity contribution in [2.45, 2.75) is 0 Å².